The monoisotopic (exact) mass is 274 g/mol. The van der Waals surface area contributed by atoms with E-state index in [0.29, 0.717) is 12.5 Å². The van der Waals surface area contributed by atoms with Crippen LogP contribution in [0.5, 0.6) is 0 Å². The first-order chi connectivity index (χ1) is 9.74. The lowest BCUT2D eigenvalue weighted by Crippen LogP contribution is -2.69. The summed E-state index contributed by atoms with van der Waals surface area (Å²) < 4.78 is 5.11. The summed E-state index contributed by atoms with van der Waals surface area (Å²) in [5, 5.41) is 3.52. The summed E-state index contributed by atoms with van der Waals surface area (Å²) >= 11 is 0. The van der Waals surface area contributed by atoms with Crippen molar-refractivity contribution in [1.82, 2.24) is 10.2 Å². The molecule has 4 rings (SSSR count). The molecular weight excluding hydrogens is 252 g/mol. The number of nitrogens with zero attached hydrogens (tertiary/aromatic N) is 1. The summed E-state index contributed by atoms with van der Waals surface area (Å²) in [5.74, 6) is 0.284. The quantitative estimate of drug-likeness (QED) is 0.843. The zero-order chi connectivity index (χ0) is 14.0. The van der Waals surface area contributed by atoms with E-state index in [9.17, 15) is 4.79 Å². The Kier molecular flexibility index (Phi) is 3.76. The van der Waals surface area contributed by atoms with Crippen LogP contribution in [0.4, 0.5) is 0 Å². The van der Waals surface area contributed by atoms with Gasteiger partial charge in [-0.25, -0.2) is 4.79 Å². The molecule has 0 saturated carbocycles. The van der Waals surface area contributed by atoms with Gasteiger partial charge in [-0.05, 0) is 37.4 Å². The van der Waals surface area contributed by atoms with Gasteiger partial charge in [-0.2, -0.15) is 0 Å². The van der Waals surface area contributed by atoms with Crippen LogP contribution in [0.1, 0.15) is 18.4 Å². The topological polar surface area (TPSA) is 41.6 Å². The second kappa shape index (κ2) is 5.54. The van der Waals surface area contributed by atoms with Crippen LogP contribution in [-0.2, 0) is 16.1 Å². The van der Waals surface area contributed by atoms with E-state index in [1.165, 1.54) is 12.7 Å². The van der Waals surface area contributed by atoms with Crippen molar-refractivity contribution in [2.24, 2.45) is 5.92 Å². The van der Waals surface area contributed by atoms with E-state index in [-0.39, 0.29) is 5.97 Å². The van der Waals surface area contributed by atoms with E-state index in [1.54, 1.807) is 0 Å². The van der Waals surface area contributed by atoms with Gasteiger partial charge in [0.05, 0.1) is 7.11 Å². The summed E-state index contributed by atoms with van der Waals surface area (Å²) in [6.45, 7) is 3.70. The highest BCUT2D eigenvalue weighted by molar-refractivity contribution is 5.82. The highest BCUT2D eigenvalue weighted by atomic mass is 16.5. The summed E-state index contributed by atoms with van der Waals surface area (Å²) in [5.41, 5.74) is 0.674. The molecule has 1 aromatic carbocycles. The van der Waals surface area contributed by atoms with Gasteiger partial charge in [0.1, 0.15) is 5.54 Å². The number of carbonyl (C=O) groups is 1. The number of benzene rings is 1. The normalized spacial score (nSPS) is 32.0. The molecule has 0 aliphatic carbocycles. The molecule has 20 heavy (non-hydrogen) atoms. The molecule has 0 amide bonds. The van der Waals surface area contributed by atoms with Crippen LogP contribution >= 0.6 is 0 Å². The molecule has 0 spiro atoms. The fraction of sp³-hybridized carbons (Fsp3) is 0.562. The van der Waals surface area contributed by atoms with Crippen LogP contribution in [0, 0.1) is 5.92 Å². The third-order valence-corrected chi connectivity index (χ3v) is 4.76. The summed E-state index contributed by atoms with van der Waals surface area (Å²) in [6.07, 6.45) is 2.16. The van der Waals surface area contributed by atoms with Crippen LogP contribution in [0.15, 0.2) is 30.3 Å². The van der Waals surface area contributed by atoms with Crippen molar-refractivity contribution in [3.8, 4) is 0 Å². The molecule has 3 fully saturated rings. The molecule has 1 N–H and O–H groups in total. The molecule has 3 aliphatic rings. The fourth-order valence-corrected chi connectivity index (χ4v) is 3.61. The Balaban J connectivity index is 1.78. The second-order valence-electron chi connectivity index (χ2n) is 5.85. The Morgan fingerprint density at radius 3 is 2.60 bits per heavy atom. The number of piperidine rings is 3. The number of rotatable bonds is 4. The van der Waals surface area contributed by atoms with Gasteiger partial charge in [0.2, 0.25) is 0 Å². The number of carbonyl (C=O) groups excluding carboxylic acids is 1. The summed E-state index contributed by atoms with van der Waals surface area (Å²) in [7, 11) is 1.49. The average Bonchev–Trinajstić information content (AvgIpc) is 2.54. The number of nitrogens with one attached hydrogen (secondary N) is 1. The fourth-order valence-electron chi connectivity index (χ4n) is 3.61. The van der Waals surface area contributed by atoms with Gasteiger partial charge in [0.25, 0.3) is 0 Å². The zero-order valence-corrected chi connectivity index (χ0v) is 12.0. The van der Waals surface area contributed by atoms with Crippen molar-refractivity contribution in [2.45, 2.75) is 24.9 Å². The van der Waals surface area contributed by atoms with Crippen molar-refractivity contribution in [3.63, 3.8) is 0 Å². The molecule has 4 heteroatoms. The van der Waals surface area contributed by atoms with Crippen LogP contribution in [0.25, 0.3) is 0 Å². The lowest BCUT2D eigenvalue weighted by Gasteiger charge is -2.51. The Morgan fingerprint density at radius 1 is 1.35 bits per heavy atom. The number of methoxy groups -OCH3 is 1. The number of fused-ring (bicyclic) bond motifs is 3. The number of esters is 1. The molecule has 1 atom stereocenters. The molecule has 2 bridgehead atoms. The maximum absolute atomic E-state index is 12.4. The number of ether oxygens (including phenoxy) is 1. The first kappa shape index (κ1) is 13.6. The van der Waals surface area contributed by atoms with Gasteiger partial charge in [0.15, 0.2) is 0 Å². The first-order valence-electron chi connectivity index (χ1n) is 7.34. The highest BCUT2D eigenvalue weighted by Crippen LogP contribution is 2.36. The SMILES string of the molecule is COC(=O)C1(NCc2ccccc2)CN2CCC1CC2. The zero-order valence-electron chi connectivity index (χ0n) is 12.0. The minimum atomic E-state index is -0.527. The van der Waals surface area contributed by atoms with Crippen molar-refractivity contribution in [3.05, 3.63) is 35.9 Å². The lowest BCUT2D eigenvalue weighted by molar-refractivity contribution is -0.158. The van der Waals surface area contributed by atoms with Crippen LogP contribution in [0.2, 0.25) is 0 Å². The first-order valence-corrected chi connectivity index (χ1v) is 7.34. The molecule has 3 heterocycles. The third-order valence-electron chi connectivity index (χ3n) is 4.76. The van der Waals surface area contributed by atoms with Gasteiger partial charge in [-0.3, -0.25) is 5.32 Å². The van der Waals surface area contributed by atoms with E-state index >= 15 is 0 Å². The molecular formula is C16H22N2O2. The van der Waals surface area contributed by atoms with Gasteiger partial charge in [0, 0.05) is 13.1 Å². The summed E-state index contributed by atoms with van der Waals surface area (Å²) in [6, 6.07) is 10.2. The summed E-state index contributed by atoms with van der Waals surface area (Å²) in [4.78, 5) is 14.8. The van der Waals surface area contributed by atoms with E-state index in [1.807, 2.05) is 18.2 Å². The Morgan fingerprint density at radius 2 is 2.05 bits per heavy atom. The van der Waals surface area contributed by atoms with E-state index in [4.69, 9.17) is 4.74 Å². The minimum absolute atomic E-state index is 0.108. The Bertz CT molecular complexity index is 469. The van der Waals surface area contributed by atoms with Crippen molar-refractivity contribution in [2.75, 3.05) is 26.7 Å². The van der Waals surface area contributed by atoms with Crippen LogP contribution in [-0.4, -0.2) is 43.2 Å². The number of hydrogen-bond donors (Lipinski definition) is 1. The Labute approximate surface area is 120 Å². The maximum Gasteiger partial charge on any atom is 0.327 e. The molecule has 3 aliphatic heterocycles. The van der Waals surface area contributed by atoms with E-state index in [0.717, 1.165) is 32.5 Å². The third kappa shape index (κ3) is 2.34. The smallest absolute Gasteiger partial charge is 0.327 e. The predicted molar refractivity (Wildman–Crippen MR) is 77.2 cm³/mol. The van der Waals surface area contributed by atoms with Gasteiger partial charge in [-0.1, -0.05) is 30.3 Å². The van der Waals surface area contributed by atoms with Crippen LogP contribution < -0.4 is 5.32 Å². The second-order valence-corrected chi connectivity index (χ2v) is 5.85. The van der Waals surface area contributed by atoms with Crippen molar-refractivity contribution in [1.29, 1.82) is 0 Å². The van der Waals surface area contributed by atoms with Gasteiger partial charge < -0.3 is 9.64 Å². The standard InChI is InChI=1S/C16H22N2O2/c1-20-15(19)16(12-18-9-7-14(16)8-10-18)17-11-13-5-3-2-4-6-13/h2-6,14,17H,7-12H2,1H3. The molecule has 108 valence electrons. The predicted octanol–water partition coefficient (Wildman–Crippen LogP) is 1.41. The molecule has 1 aromatic rings. The molecule has 3 saturated heterocycles. The van der Waals surface area contributed by atoms with Gasteiger partial charge in [-0.15, -0.1) is 0 Å². The molecule has 4 nitrogen and oxygen atoms in total. The lowest BCUT2D eigenvalue weighted by atomic mass is 9.72. The van der Waals surface area contributed by atoms with Crippen LogP contribution in [0.3, 0.4) is 0 Å². The molecule has 0 aromatic heterocycles. The number of hydrogen-bond acceptors (Lipinski definition) is 4. The minimum Gasteiger partial charge on any atom is -0.468 e. The van der Waals surface area contributed by atoms with Crippen molar-refractivity contribution >= 4 is 5.97 Å². The van der Waals surface area contributed by atoms with Gasteiger partial charge >= 0.3 is 5.97 Å². The van der Waals surface area contributed by atoms with E-state index < -0.39 is 5.54 Å². The average molecular weight is 274 g/mol. The maximum atomic E-state index is 12.4. The molecule has 0 radical (unpaired) electrons. The largest absolute Gasteiger partial charge is 0.468 e. The molecule has 1 unspecified atom stereocenters. The highest BCUT2D eigenvalue weighted by Gasteiger charge is 2.52. The van der Waals surface area contributed by atoms with Crippen molar-refractivity contribution < 1.29 is 9.53 Å². The van der Waals surface area contributed by atoms with E-state index in [2.05, 4.69) is 22.3 Å². The Hall–Kier alpha value is -1.39.